The van der Waals surface area contributed by atoms with Crippen molar-refractivity contribution in [3.8, 4) is 22.6 Å². The number of rotatable bonds is 5. The Morgan fingerprint density at radius 3 is 2.46 bits per heavy atom. The fourth-order valence-corrected chi connectivity index (χ4v) is 2.93. The zero-order chi connectivity index (χ0) is 19.9. The quantitative estimate of drug-likeness (QED) is 0.656. The second-order valence-corrected chi connectivity index (χ2v) is 6.71. The molecule has 0 N–H and O–H groups in total. The summed E-state index contributed by atoms with van der Waals surface area (Å²) in [6.07, 6.45) is -1.16. The normalized spacial score (nSPS) is 14.3. The predicted molar refractivity (Wildman–Crippen MR) is 96.7 cm³/mol. The number of pyridine rings is 1. The van der Waals surface area contributed by atoms with E-state index in [-0.39, 0.29) is 11.2 Å². The van der Waals surface area contributed by atoms with Crippen molar-refractivity contribution < 1.29 is 22.6 Å². The Morgan fingerprint density at radius 1 is 1.14 bits per heavy atom. The van der Waals surface area contributed by atoms with E-state index in [1.165, 1.54) is 37.6 Å². The first kappa shape index (κ1) is 18.3. The van der Waals surface area contributed by atoms with Crippen LogP contribution in [0.5, 0.6) is 11.5 Å². The molecule has 0 aliphatic heterocycles. The Bertz CT molecular complexity index is 1070. The third-order valence-electron chi connectivity index (χ3n) is 4.63. The molecule has 0 amide bonds. The minimum atomic E-state index is -4.78. The van der Waals surface area contributed by atoms with E-state index in [2.05, 4.69) is 4.98 Å². The highest BCUT2D eigenvalue weighted by Gasteiger charge is 2.38. The second-order valence-electron chi connectivity index (χ2n) is 6.71. The van der Waals surface area contributed by atoms with E-state index in [1.807, 2.05) is 0 Å². The predicted octanol–water partition coefficient (Wildman–Crippen LogP) is 4.18. The lowest BCUT2D eigenvalue weighted by Gasteiger charge is -2.14. The maximum absolute atomic E-state index is 13.7. The van der Waals surface area contributed by atoms with Gasteiger partial charge >= 0.3 is 6.18 Å². The smallest absolute Gasteiger partial charge is 0.434 e. The maximum Gasteiger partial charge on any atom is 0.434 e. The topological polar surface area (TPSA) is 52.8 Å². The number of methoxy groups -OCH3 is 1. The molecule has 2 aromatic heterocycles. The van der Waals surface area contributed by atoms with Crippen LogP contribution in [0.4, 0.5) is 13.2 Å². The molecule has 0 unspecified atom stereocenters. The summed E-state index contributed by atoms with van der Waals surface area (Å²) in [5, 5.41) is 0. The molecule has 3 aromatic rings. The number of halogens is 3. The van der Waals surface area contributed by atoms with Gasteiger partial charge in [-0.25, -0.2) is 4.98 Å². The van der Waals surface area contributed by atoms with Crippen molar-refractivity contribution in [1.82, 2.24) is 9.38 Å². The lowest BCUT2D eigenvalue weighted by Crippen LogP contribution is -2.24. The molecule has 1 aliphatic rings. The third-order valence-corrected chi connectivity index (χ3v) is 4.63. The minimum Gasteiger partial charge on any atom is -0.497 e. The van der Waals surface area contributed by atoms with Gasteiger partial charge in [-0.3, -0.25) is 9.20 Å². The number of aromatic nitrogens is 2. The molecule has 1 aliphatic carbocycles. The van der Waals surface area contributed by atoms with Crippen molar-refractivity contribution in [3.63, 3.8) is 0 Å². The lowest BCUT2D eigenvalue weighted by atomic mass is 10.0. The molecular formula is C20H17F3N2O3. The Morgan fingerprint density at radius 2 is 1.86 bits per heavy atom. The van der Waals surface area contributed by atoms with E-state index in [0.29, 0.717) is 24.0 Å². The van der Waals surface area contributed by atoms with Gasteiger partial charge in [0.2, 0.25) is 0 Å². The summed E-state index contributed by atoms with van der Waals surface area (Å²) in [6, 6.07) is 8.81. The Balaban J connectivity index is 1.82. The van der Waals surface area contributed by atoms with Crippen molar-refractivity contribution in [3.05, 3.63) is 58.6 Å². The van der Waals surface area contributed by atoms with Crippen LogP contribution in [-0.2, 0) is 6.18 Å². The van der Waals surface area contributed by atoms with Crippen LogP contribution in [0.25, 0.3) is 16.8 Å². The highest BCUT2D eigenvalue weighted by molar-refractivity contribution is 5.68. The van der Waals surface area contributed by atoms with Crippen molar-refractivity contribution in [2.75, 3.05) is 13.7 Å². The summed E-state index contributed by atoms with van der Waals surface area (Å²) < 4.78 is 52.7. The average molecular weight is 390 g/mol. The molecule has 28 heavy (non-hydrogen) atoms. The standard InChI is InChI=1S/C20H17F3N2O3/c1-27-15-8-9-25-16(10-15)24-18(20(21,22)23)17(19(25)26)13-4-6-14(7-5-13)28-11-12-2-3-12/h4-10,12H,2-3,11H2,1H3. The molecule has 1 aromatic carbocycles. The van der Waals surface area contributed by atoms with Gasteiger partial charge in [0.05, 0.1) is 19.3 Å². The summed E-state index contributed by atoms with van der Waals surface area (Å²) in [4.78, 5) is 16.6. The number of hydrogen-bond donors (Lipinski definition) is 0. The number of alkyl halides is 3. The van der Waals surface area contributed by atoms with Gasteiger partial charge in [-0.1, -0.05) is 12.1 Å². The van der Waals surface area contributed by atoms with Crippen LogP contribution in [-0.4, -0.2) is 23.1 Å². The highest BCUT2D eigenvalue weighted by Crippen LogP contribution is 2.35. The van der Waals surface area contributed by atoms with Gasteiger partial charge < -0.3 is 9.47 Å². The first-order valence-electron chi connectivity index (χ1n) is 8.77. The fraction of sp³-hybridized carbons (Fsp3) is 0.300. The van der Waals surface area contributed by atoms with Crippen molar-refractivity contribution in [2.45, 2.75) is 19.0 Å². The van der Waals surface area contributed by atoms with Gasteiger partial charge in [0.25, 0.3) is 5.56 Å². The molecule has 0 radical (unpaired) electrons. The molecule has 5 nitrogen and oxygen atoms in total. The summed E-state index contributed by atoms with van der Waals surface area (Å²) in [5.41, 5.74) is -2.52. The molecule has 4 rings (SSSR count). The molecule has 2 heterocycles. The van der Waals surface area contributed by atoms with E-state index in [0.717, 1.165) is 17.2 Å². The van der Waals surface area contributed by atoms with Gasteiger partial charge in [0, 0.05) is 12.3 Å². The molecule has 0 bridgehead atoms. The fourth-order valence-electron chi connectivity index (χ4n) is 2.93. The van der Waals surface area contributed by atoms with Gasteiger partial charge in [-0.05, 0) is 42.5 Å². The number of ether oxygens (including phenoxy) is 2. The van der Waals surface area contributed by atoms with Gasteiger partial charge in [0.1, 0.15) is 17.1 Å². The average Bonchev–Trinajstić information content (AvgIpc) is 3.50. The van der Waals surface area contributed by atoms with E-state index >= 15 is 0 Å². The monoisotopic (exact) mass is 390 g/mol. The summed E-state index contributed by atoms with van der Waals surface area (Å²) in [6.45, 7) is 0.592. The van der Waals surface area contributed by atoms with Crippen molar-refractivity contribution >= 4 is 5.65 Å². The largest absolute Gasteiger partial charge is 0.497 e. The van der Waals surface area contributed by atoms with Crippen LogP contribution in [0.2, 0.25) is 0 Å². The molecule has 146 valence electrons. The first-order chi connectivity index (χ1) is 13.4. The Kier molecular flexibility index (Phi) is 4.49. The van der Waals surface area contributed by atoms with Crippen LogP contribution in [0.15, 0.2) is 47.4 Å². The van der Waals surface area contributed by atoms with Crippen molar-refractivity contribution in [1.29, 1.82) is 0 Å². The molecule has 0 spiro atoms. The minimum absolute atomic E-state index is 0.133. The summed E-state index contributed by atoms with van der Waals surface area (Å²) in [7, 11) is 1.38. The van der Waals surface area contributed by atoms with E-state index in [9.17, 15) is 18.0 Å². The molecule has 0 atom stereocenters. The number of benzene rings is 1. The van der Waals surface area contributed by atoms with Crippen LogP contribution in [0.1, 0.15) is 18.5 Å². The Hall–Kier alpha value is -3.03. The Labute approximate surface area is 158 Å². The zero-order valence-electron chi connectivity index (χ0n) is 15.0. The molecule has 1 fully saturated rings. The van der Waals surface area contributed by atoms with E-state index in [1.54, 1.807) is 12.1 Å². The third kappa shape index (κ3) is 3.54. The SMILES string of the molecule is COc1ccn2c(=O)c(-c3ccc(OCC4CC4)cc3)c(C(F)(F)F)nc2c1. The van der Waals surface area contributed by atoms with Crippen LogP contribution in [0.3, 0.4) is 0 Å². The maximum atomic E-state index is 13.7. The van der Waals surface area contributed by atoms with Gasteiger partial charge in [0.15, 0.2) is 5.69 Å². The zero-order valence-corrected chi connectivity index (χ0v) is 15.0. The number of hydrogen-bond acceptors (Lipinski definition) is 4. The lowest BCUT2D eigenvalue weighted by molar-refractivity contribution is -0.140. The van der Waals surface area contributed by atoms with E-state index in [4.69, 9.17) is 9.47 Å². The van der Waals surface area contributed by atoms with Crippen LogP contribution < -0.4 is 15.0 Å². The highest BCUT2D eigenvalue weighted by atomic mass is 19.4. The molecule has 1 saturated carbocycles. The van der Waals surface area contributed by atoms with Crippen molar-refractivity contribution in [2.24, 2.45) is 5.92 Å². The number of nitrogens with zero attached hydrogens (tertiary/aromatic N) is 2. The summed E-state index contributed by atoms with van der Waals surface area (Å²) >= 11 is 0. The van der Waals surface area contributed by atoms with Crippen LogP contribution in [0, 0.1) is 5.92 Å². The van der Waals surface area contributed by atoms with Crippen LogP contribution >= 0.6 is 0 Å². The molecule has 8 heteroatoms. The summed E-state index contributed by atoms with van der Waals surface area (Å²) in [5.74, 6) is 1.43. The molecular weight excluding hydrogens is 373 g/mol. The molecule has 0 saturated heterocycles. The first-order valence-corrected chi connectivity index (χ1v) is 8.77. The second kappa shape index (κ2) is 6.85. The number of fused-ring (bicyclic) bond motifs is 1. The van der Waals surface area contributed by atoms with E-state index < -0.39 is 23.0 Å². The van der Waals surface area contributed by atoms with Gasteiger partial charge in [-0.2, -0.15) is 13.2 Å². The van der Waals surface area contributed by atoms with Gasteiger partial charge in [-0.15, -0.1) is 0 Å².